The van der Waals surface area contributed by atoms with E-state index in [4.69, 9.17) is 0 Å². The number of rotatable bonds is 5. The van der Waals surface area contributed by atoms with E-state index in [1.807, 2.05) is 36.3 Å². The lowest BCUT2D eigenvalue weighted by Crippen LogP contribution is -2.34. The molecule has 2 aromatic carbocycles. The molecule has 1 N–H and O–H groups in total. The van der Waals surface area contributed by atoms with E-state index in [2.05, 4.69) is 26.0 Å². The second-order valence-corrected chi connectivity index (χ2v) is 9.88. The molecule has 0 saturated carbocycles. The molecule has 0 fully saturated rings. The SMILES string of the molecule is CN1C=CS(c2ccc3nc(C(O)(Cn4cncn4)c4ccc(F)cc4F)sc3c2)=C1. The first-order chi connectivity index (χ1) is 14.9. The Morgan fingerprint density at radius 2 is 2.06 bits per heavy atom. The molecule has 158 valence electrons. The quantitative estimate of drug-likeness (QED) is 0.461. The number of aromatic nitrogens is 4. The van der Waals surface area contributed by atoms with E-state index in [-0.39, 0.29) is 22.6 Å². The van der Waals surface area contributed by atoms with E-state index in [9.17, 15) is 13.9 Å². The predicted molar refractivity (Wildman–Crippen MR) is 118 cm³/mol. The molecule has 2 unspecified atom stereocenters. The molecule has 31 heavy (non-hydrogen) atoms. The van der Waals surface area contributed by atoms with Crippen LogP contribution < -0.4 is 0 Å². The van der Waals surface area contributed by atoms with Gasteiger partial charge in [0.05, 0.1) is 16.8 Å². The van der Waals surface area contributed by atoms with Crippen LogP contribution in [0.25, 0.3) is 10.2 Å². The predicted octanol–water partition coefficient (Wildman–Crippen LogP) is 3.91. The van der Waals surface area contributed by atoms with Gasteiger partial charge < -0.3 is 10.0 Å². The van der Waals surface area contributed by atoms with Gasteiger partial charge in [-0.25, -0.2) is 23.4 Å². The van der Waals surface area contributed by atoms with Gasteiger partial charge in [0.1, 0.15) is 29.3 Å². The third-order valence-electron chi connectivity index (χ3n) is 4.94. The van der Waals surface area contributed by atoms with E-state index >= 15 is 0 Å². The molecule has 1 aliphatic rings. The largest absolute Gasteiger partial charge is 0.376 e. The summed E-state index contributed by atoms with van der Waals surface area (Å²) in [6.45, 7) is -0.117. The summed E-state index contributed by atoms with van der Waals surface area (Å²) >= 11 is 1.28. The zero-order valence-corrected chi connectivity index (χ0v) is 17.9. The minimum atomic E-state index is -1.85. The van der Waals surface area contributed by atoms with Gasteiger partial charge in [-0.05, 0) is 35.7 Å². The van der Waals surface area contributed by atoms with Crippen molar-refractivity contribution < 1.29 is 13.9 Å². The first-order valence-electron chi connectivity index (χ1n) is 9.31. The summed E-state index contributed by atoms with van der Waals surface area (Å²) in [6, 6.07) is 9.06. The molecule has 0 radical (unpaired) electrons. The van der Waals surface area contributed by atoms with Crippen LogP contribution in [0.5, 0.6) is 0 Å². The highest BCUT2D eigenvalue weighted by Gasteiger charge is 2.38. The number of hydrogen-bond acceptors (Lipinski definition) is 6. The normalized spacial score (nSPS) is 17.8. The fourth-order valence-corrected chi connectivity index (χ4v) is 6.17. The Hall–Kier alpha value is -2.95. The van der Waals surface area contributed by atoms with Gasteiger partial charge in [-0.2, -0.15) is 5.10 Å². The zero-order chi connectivity index (χ0) is 21.6. The summed E-state index contributed by atoms with van der Waals surface area (Å²) in [6.07, 6.45) is 4.77. The molecular weight excluding hydrogens is 440 g/mol. The summed E-state index contributed by atoms with van der Waals surface area (Å²) in [5.74, 6) is -1.57. The number of halogens is 2. The van der Waals surface area contributed by atoms with Crippen molar-refractivity contribution in [3.63, 3.8) is 0 Å². The minimum absolute atomic E-state index is 0.0701. The second-order valence-electron chi connectivity index (χ2n) is 7.15. The van der Waals surface area contributed by atoms with Crippen molar-refractivity contribution >= 4 is 37.5 Å². The van der Waals surface area contributed by atoms with Crippen molar-refractivity contribution in [1.29, 1.82) is 0 Å². The molecule has 1 aliphatic heterocycles. The van der Waals surface area contributed by atoms with Crippen LogP contribution in [-0.2, 0) is 12.1 Å². The smallest absolute Gasteiger partial charge is 0.163 e. The number of hydrogen-bond donors (Lipinski definition) is 1. The van der Waals surface area contributed by atoms with Gasteiger partial charge in [0.15, 0.2) is 5.60 Å². The monoisotopic (exact) mass is 457 g/mol. The highest BCUT2D eigenvalue weighted by molar-refractivity contribution is 8.17. The van der Waals surface area contributed by atoms with Crippen LogP contribution in [0, 0.1) is 11.6 Å². The Labute approximate surface area is 183 Å². The Balaban J connectivity index is 1.63. The third-order valence-corrected chi connectivity index (χ3v) is 7.88. The lowest BCUT2D eigenvalue weighted by molar-refractivity contribution is 0.0534. The van der Waals surface area contributed by atoms with Gasteiger partial charge >= 0.3 is 0 Å². The Bertz CT molecular complexity index is 1340. The second kappa shape index (κ2) is 7.63. The zero-order valence-electron chi connectivity index (χ0n) is 16.3. The number of benzene rings is 2. The number of aliphatic hydroxyl groups is 1. The molecule has 10 heteroatoms. The van der Waals surface area contributed by atoms with Crippen LogP contribution in [0.2, 0.25) is 0 Å². The average Bonchev–Trinajstić information content (AvgIpc) is 3.47. The van der Waals surface area contributed by atoms with Crippen molar-refractivity contribution in [2.24, 2.45) is 0 Å². The molecule has 4 aromatic rings. The summed E-state index contributed by atoms with van der Waals surface area (Å²) in [4.78, 5) is 11.6. The van der Waals surface area contributed by atoms with E-state index < -0.39 is 17.2 Å². The van der Waals surface area contributed by atoms with Crippen LogP contribution in [0.4, 0.5) is 8.78 Å². The molecule has 0 amide bonds. The van der Waals surface area contributed by atoms with Crippen LogP contribution in [0.1, 0.15) is 10.6 Å². The maximum atomic E-state index is 14.7. The van der Waals surface area contributed by atoms with E-state index in [1.165, 1.54) is 34.7 Å². The maximum absolute atomic E-state index is 14.7. The van der Waals surface area contributed by atoms with Crippen molar-refractivity contribution in [2.75, 3.05) is 7.05 Å². The van der Waals surface area contributed by atoms with Gasteiger partial charge in [0, 0.05) is 35.3 Å². The molecule has 0 aliphatic carbocycles. The van der Waals surface area contributed by atoms with Crippen molar-refractivity contribution in [1.82, 2.24) is 24.6 Å². The van der Waals surface area contributed by atoms with Crippen LogP contribution in [-0.4, -0.2) is 42.3 Å². The van der Waals surface area contributed by atoms with E-state index in [0.717, 1.165) is 21.7 Å². The third kappa shape index (κ3) is 3.67. The molecule has 6 nitrogen and oxygen atoms in total. The first-order valence-corrected chi connectivity index (χ1v) is 11.5. The molecule has 0 saturated heterocycles. The highest BCUT2D eigenvalue weighted by Crippen LogP contribution is 2.40. The van der Waals surface area contributed by atoms with E-state index in [1.54, 1.807) is 0 Å². The molecule has 3 heterocycles. The van der Waals surface area contributed by atoms with Crippen LogP contribution in [0.15, 0.2) is 65.6 Å². The first kappa shape index (κ1) is 20.0. The minimum Gasteiger partial charge on any atom is -0.376 e. The molecule has 5 rings (SSSR count). The lowest BCUT2D eigenvalue weighted by atomic mass is 9.93. The fourth-order valence-electron chi connectivity index (χ4n) is 3.42. The summed E-state index contributed by atoms with van der Waals surface area (Å²) in [5, 5.41) is 18.1. The molecule has 0 bridgehead atoms. The summed E-state index contributed by atoms with van der Waals surface area (Å²) in [5.41, 5.74) is 0.901. The Kier molecular flexibility index (Phi) is 4.92. The Morgan fingerprint density at radius 1 is 1.19 bits per heavy atom. The number of thiazole rings is 1. The van der Waals surface area contributed by atoms with Crippen LogP contribution >= 0.6 is 21.8 Å². The van der Waals surface area contributed by atoms with Gasteiger partial charge in [0.2, 0.25) is 0 Å². The molecule has 0 spiro atoms. The van der Waals surface area contributed by atoms with Crippen molar-refractivity contribution in [3.8, 4) is 0 Å². The molecule has 2 aromatic heterocycles. The fraction of sp³-hybridized carbons (Fsp3) is 0.143. The van der Waals surface area contributed by atoms with Crippen molar-refractivity contribution in [3.05, 3.63) is 82.9 Å². The molecular formula is C21H17F2N5OS2. The van der Waals surface area contributed by atoms with Gasteiger partial charge in [0.25, 0.3) is 0 Å². The number of nitrogens with zero attached hydrogens (tertiary/aromatic N) is 5. The van der Waals surface area contributed by atoms with Crippen molar-refractivity contribution in [2.45, 2.75) is 17.0 Å². The van der Waals surface area contributed by atoms with Gasteiger partial charge in [-0.15, -0.1) is 21.8 Å². The Morgan fingerprint density at radius 3 is 2.77 bits per heavy atom. The number of fused-ring (bicyclic) bond motifs is 1. The maximum Gasteiger partial charge on any atom is 0.163 e. The molecule has 2 atom stereocenters. The van der Waals surface area contributed by atoms with Crippen LogP contribution in [0.3, 0.4) is 0 Å². The summed E-state index contributed by atoms with van der Waals surface area (Å²) in [7, 11) is 1.84. The highest BCUT2D eigenvalue weighted by atomic mass is 32.2. The lowest BCUT2D eigenvalue weighted by Gasteiger charge is -2.26. The van der Waals surface area contributed by atoms with Gasteiger partial charge in [-0.3, -0.25) is 0 Å². The van der Waals surface area contributed by atoms with E-state index in [0.29, 0.717) is 10.5 Å². The summed E-state index contributed by atoms with van der Waals surface area (Å²) < 4.78 is 30.5. The average molecular weight is 458 g/mol. The standard InChI is InChI=1S/C21H17F2N5OS2/c1-27-6-7-31(13-27)15-3-5-18-19(9-15)30-20(26-18)21(29,10-28-12-24-11-25-28)16-4-2-14(22)8-17(16)23/h2-9,11-13,29H,10H2,1H3. The topological polar surface area (TPSA) is 67.1 Å². The van der Waals surface area contributed by atoms with Gasteiger partial charge in [-0.1, -0.05) is 0 Å².